The second-order valence-electron chi connectivity index (χ2n) is 7.60. The van der Waals surface area contributed by atoms with Gasteiger partial charge in [0.05, 0.1) is 16.0 Å². The predicted octanol–water partition coefficient (Wildman–Crippen LogP) is 6.99. The van der Waals surface area contributed by atoms with Crippen LogP contribution in [0.3, 0.4) is 0 Å². The van der Waals surface area contributed by atoms with E-state index in [0.29, 0.717) is 33.9 Å². The predicted molar refractivity (Wildman–Crippen MR) is 154 cm³/mol. The molecule has 0 N–H and O–H groups in total. The van der Waals surface area contributed by atoms with E-state index in [4.69, 9.17) is 21.7 Å². The Hall–Kier alpha value is -1.82. The molecule has 0 bridgehead atoms. The first-order valence-corrected chi connectivity index (χ1v) is 13.6. The number of amides is 1. The molecule has 9 heteroatoms. The van der Waals surface area contributed by atoms with Crippen molar-refractivity contribution in [3.05, 3.63) is 84.0 Å². The van der Waals surface area contributed by atoms with Crippen LogP contribution < -0.4 is 14.5 Å². The molecule has 5 nitrogen and oxygen atoms in total. The fourth-order valence-electron chi connectivity index (χ4n) is 3.57. The van der Waals surface area contributed by atoms with E-state index >= 15 is 0 Å². The molecule has 4 rings (SSSR count). The Balaban J connectivity index is 1.61. The molecular weight excluding hydrogens is 647 g/mol. The first kappa shape index (κ1) is 25.3. The second kappa shape index (κ2) is 10.8. The Labute approximate surface area is 230 Å². The summed E-state index contributed by atoms with van der Waals surface area (Å²) in [6, 6.07) is 15.9. The third-order valence-corrected chi connectivity index (χ3v) is 7.72. The van der Waals surface area contributed by atoms with Crippen LogP contribution in [-0.4, -0.2) is 21.5 Å². The summed E-state index contributed by atoms with van der Waals surface area (Å²) < 4.78 is 16.3. The maximum atomic E-state index is 13.2. The van der Waals surface area contributed by atoms with Gasteiger partial charge >= 0.3 is 0 Å². The number of aromatic nitrogens is 1. The van der Waals surface area contributed by atoms with Gasteiger partial charge in [-0.05, 0) is 125 Å². The number of hydrogen-bond donors (Lipinski definition) is 0. The topological polar surface area (TPSA) is 43.7 Å². The Morgan fingerprint density at radius 2 is 1.76 bits per heavy atom. The molecule has 176 valence electrons. The molecule has 0 aliphatic carbocycles. The highest BCUT2D eigenvalue weighted by Gasteiger charge is 2.34. The lowest BCUT2D eigenvalue weighted by atomic mass is 10.1. The number of rotatable bonds is 7. The highest BCUT2D eigenvalue weighted by Crippen LogP contribution is 2.40. The lowest BCUT2D eigenvalue weighted by Gasteiger charge is -2.20. The van der Waals surface area contributed by atoms with Crippen molar-refractivity contribution in [2.24, 2.45) is 0 Å². The van der Waals surface area contributed by atoms with Gasteiger partial charge in [-0.3, -0.25) is 9.47 Å². The van der Waals surface area contributed by atoms with E-state index in [1.807, 2.05) is 80.1 Å². The van der Waals surface area contributed by atoms with Crippen molar-refractivity contribution < 1.29 is 14.3 Å². The Bertz CT molecular complexity index is 1270. The average Bonchev–Trinajstić information content (AvgIpc) is 3.25. The average molecular weight is 669 g/mol. The number of nitrogens with zero attached hydrogens (tertiary/aromatic N) is 2. The van der Waals surface area contributed by atoms with Gasteiger partial charge in [-0.15, -0.1) is 0 Å². The maximum absolute atomic E-state index is 13.2. The van der Waals surface area contributed by atoms with Crippen LogP contribution in [0, 0.1) is 17.4 Å². The van der Waals surface area contributed by atoms with Crippen molar-refractivity contribution in [1.29, 1.82) is 0 Å². The van der Waals surface area contributed by atoms with Gasteiger partial charge in [0, 0.05) is 15.0 Å². The normalized spacial score (nSPS) is 14.9. The number of hydrogen-bond acceptors (Lipinski definition) is 5. The molecule has 2 aromatic carbocycles. The summed E-state index contributed by atoms with van der Waals surface area (Å²) in [4.78, 5) is 13.8. The molecule has 0 radical (unpaired) electrons. The monoisotopic (exact) mass is 668 g/mol. The summed E-state index contributed by atoms with van der Waals surface area (Å²) in [5, 5.41) is 1.55. The van der Waals surface area contributed by atoms with Crippen LogP contribution >= 0.6 is 62.5 Å². The smallest absolute Gasteiger partial charge is 0.285 e. The zero-order valence-electron chi connectivity index (χ0n) is 18.8. The summed E-state index contributed by atoms with van der Waals surface area (Å²) in [5.41, 5.74) is 3.79. The van der Waals surface area contributed by atoms with E-state index in [1.165, 1.54) is 15.3 Å². The van der Waals surface area contributed by atoms with E-state index in [0.717, 1.165) is 27.0 Å². The highest BCUT2D eigenvalue weighted by molar-refractivity contribution is 14.1. The lowest BCUT2D eigenvalue weighted by molar-refractivity contribution is -0.114. The van der Waals surface area contributed by atoms with Crippen LogP contribution in [-0.2, 0) is 11.4 Å². The number of carbonyl (C=O) groups excluding carboxylic acids is 1. The number of halogens is 2. The minimum Gasteiger partial charge on any atom is -0.490 e. The molecule has 0 saturated carbocycles. The molecule has 0 atom stereocenters. The molecule has 1 aliphatic rings. The lowest BCUT2D eigenvalue weighted by Crippen LogP contribution is -2.39. The Kier molecular flexibility index (Phi) is 8.06. The number of thiocarbonyl (C=S) groups is 1. The summed E-state index contributed by atoms with van der Waals surface area (Å²) in [6.07, 6.45) is 1.84. The number of ether oxygens (including phenoxy) is 2. The van der Waals surface area contributed by atoms with Crippen LogP contribution in [0.25, 0.3) is 6.08 Å². The van der Waals surface area contributed by atoms with E-state index < -0.39 is 0 Å². The zero-order valence-corrected chi connectivity index (χ0v) is 24.2. The molecule has 1 aromatic heterocycles. The number of thioether (sulfide) groups is 1. The molecule has 1 saturated heterocycles. The van der Waals surface area contributed by atoms with E-state index in [9.17, 15) is 4.79 Å². The van der Waals surface area contributed by atoms with Crippen molar-refractivity contribution in [2.45, 2.75) is 27.4 Å². The maximum Gasteiger partial charge on any atom is 0.285 e. The largest absolute Gasteiger partial charge is 0.490 e. The summed E-state index contributed by atoms with van der Waals surface area (Å²) in [5.74, 6) is 1.09. The number of carbonyl (C=O) groups is 1. The molecule has 0 unspecified atom stereocenters. The minimum atomic E-state index is -0.148. The first-order chi connectivity index (χ1) is 16.3. The van der Waals surface area contributed by atoms with Gasteiger partial charge in [-0.1, -0.05) is 23.9 Å². The van der Waals surface area contributed by atoms with Crippen molar-refractivity contribution in [3.8, 4) is 11.5 Å². The minimum absolute atomic E-state index is 0.148. The van der Waals surface area contributed by atoms with Crippen molar-refractivity contribution in [2.75, 3.05) is 11.6 Å². The molecular formula is C25H22BrIN2O3S2. The van der Waals surface area contributed by atoms with Crippen LogP contribution in [0.4, 0.5) is 0 Å². The molecule has 1 aliphatic heterocycles. The summed E-state index contributed by atoms with van der Waals surface area (Å²) in [7, 11) is 0. The second-order valence-corrected chi connectivity index (χ2v) is 11.4. The van der Waals surface area contributed by atoms with E-state index in [-0.39, 0.29) is 5.91 Å². The molecule has 1 amide bonds. The number of aryl methyl sites for hydroxylation is 2. The fraction of sp³-hybridized carbons (Fsp3) is 0.200. The molecule has 1 fully saturated rings. The van der Waals surface area contributed by atoms with Gasteiger partial charge in [0.2, 0.25) is 0 Å². The van der Waals surface area contributed by atoms with Crippen LogP contribution in [0.2, 0.25) is 0 Å². The van der Waals surface area contributed by atoms with Gasteiger partial charge in [-0.2, -0.15) is 5.01 Å². The van der Waals surface area contributed by atoms with Crippen molar-refractivity contribution in [3.63, 3.8) is 0 Å². The van der Waals surface area contributed by atoms with Gasteiger partial charge < -0.3 is 9.47 Å². The van der Waals surface area contributed by atoms with Crippen LogP contribution in [0.1, 0.15) is 29.4 Å². The fourth-order valence-corrected chi connectivity index (χ4v) is 5.75. The van der Waals surface area contributed by atoms with Gasteiger partial charge in [0.1, 0.15) is 6.61 Å². The number of benzene rings is 2. The molecule has 2 heterocycles. The highest BCUT2D eigenvalue weighted by atomic mass is 127. The quantitative estimate of drug-likeness (QED) is 0.154. The van der Waals surface area contributed by atoms with Crippen LogP contribution in [0.15, 0.2) is 57.9 Å². The molecule has 34 heavy (non-hydrogen) atoms. The Morgan fingerprint density at radius 3 is 2.41 bits per heavy atom. The first-order valence-electron chi connectivity index (χ1n) is 10.5. The zero-order chi connectivity index (χ0) is 24.4. The molecule has 3 aromatic rings. The van der Waals surface area contributed by atoms with Gasteiger partial charge in [-0.25, -0.2) is 0 Å². The summed E-state index contributed by atoms with van der Waals surface area (Å²) in [6.45, 7) is 6.75. The van der Waals surface area contributed by atoms with E-state index in [1.54, 1.807) is 5.01 Å². The SMILES string of the molecule is CCOc1cc(/C=C2\SC(=S)N(n3c(C)ccc3C)C2=O)cc(Br)c1OCc1ccc(I)cc1. The van der Waals surface area contributed by atoms with Gasteiger partial charge in [0.15, 0.2) is 15.8 Å². The standard InChI is InChI=1S/C25H22BrIN2O3S2/c1-4-31-21-12-18(11-20(26)23(21)32-14-17-7-9-19(27)10-8-17)13-22-24(30)29(25(33)34-22)28-15(2)5-6-16(28)3/h5-13H,4,14H2,1-3H3/b22-13-. The third-order valence-electron chi connectivity index (χ3n) is 5.13. The van der Waals surface area contributed by atoms with Crippen molar-refractivity contribution in [1.82, 2.24) is 4.68 Å². The summed E-state index contributed by atoms with van der Waals surface area (Å²) >= 11 is 12.7. The van der Waals surface area contributed by atoms with Crippen molar-refractivity contribution >= 4 is 78.8 Å². The Morgan fingerprint density at radius 1 is 1.09 bits per heavy atom. The van der Waals surface area contributed by atoms with Crippen LogP contribution in [0.5, 0.6) is 11.5 Å². The van der Waals surface area contributed by atoms with Gasteiger partial charge in [0.25, 0.3) is 5.91 Å². The third kappa shape index (κ3) is 5.37. The van der Waals surface area contributed by atoms with E-state index in [2.05, 4.69) is 38.5 Å². The molecule has 0 spiro atoms.